The third-order valence-corrected chi connectivity index (χ3v) is 3.25. The molecule has 1 aliphatic rings. The van der Waals surface area contributed by atoms with E-state index >= 15 is 0 Å². The Kier molecular flexibility index (Phi) is 3.15. The average Bonchev–Trinajstić information content (AvgIpc) is 2.93. The van der Waals surface area contributed by atoms with Crippen molar-refractivity contribution >= 4 is 0 Å². The predicted molar refractivity (Wildman–Crippen MR) is 69.0 cm³/mol. The van der Waals surface area contributed by atoms with E-state index < -0.39 is 0 Å². The fraction of sp³-hybridized carbons (Fsp3) is 0.538. The van der Waals surface area contributed by atoms with E-state index in [1.807, 2.05) is 24.3 Å². The lowest BCUT2D eigenvalue weighted by Crippen LogP contribution is -2.15. The molecule has 0 amide bonds. The monoisotopic (exact) mass is 245 g/mol. The minimum absolute atomic E-state index is 0.741. The van der Waals surface area contributed by atoms with E-state index in [1.165, 1.54) is 18.4 Å². The largest absolute Gasteiger partial charge is 0.337 e. The Hall–Kier alpha value is -1.62. The number of hydrogen-bond acceptors (Lipinski definition) is 3. The topological polar surface area (TPSA) is 47.7 Å². The summed E-state index contributed by atoms with van der Waals surface area (Å²) in [5.41, 5.74) is 2.40. The molecule has 1 fully saturated rings. The van der Waals surface area contributed by atoms with Gasteiger partial charge in [0.15, 0.2) is 0 Å². The minimum Gasteiger partial charge on any atom is -0.337 e. The van der Waals surface area contributed by atoms with Crippen molar-refractivity contribution in [2.45, 2.75) is 38.4 Å². The quantitative estimate of drug-likeness (QED) is 0.829. The molecule has 0 bridgehead atoms. The lowest BCUT2D eigenvalue weighted by atomic mass is 10.2. The summed E-state index contributed by atoms with van der Waals surface area (Å²) in [5, 5.41) is 7.65. The third-order valence-electron chi connectivity index (χ3n) is 3.25. The van der Waals surface area contributed by atoms with Gasteiger partial charge in [-0.3, -0.25) is 4.68 Å². The first-order valence-electron chi connectivity index (χ1n) is 6.51. The lowest BCUT2D eigenvalue weighted by Gasteiger charge is -2.00. The van der Waals surface area contributed by atoms with Gasteiger partial charge in [-0.1, -0.05) is 0 Å². The zero-order chi connectivity index (χ0) is 12.4. The van der Waals surface area contributed by atoms with Crippen LogP contribution in [0.4, 0.5) is 0 Å². The van der Waals surface area contributed by atoms with Gasteiger partial charge < -0.3 is 9.88 Å². The standard InChI is InChI=1S/C13H19N5/c1-17-8-11(6-16-17)4-5-18-9-13(15-10-18)7-14-12-2-3-12/h6,8-10,12,14H,2-5,7H2,1H3. The molecule has 0 atom stereocenters. The molecule has 1 N–H and O–H groups in total. The molecule has 0 unspecified atom stereocenters. The summed E-state index contributed by atoms with van der Waals surface area (Å²) in [6.45, 7) is 1.85. The molecule has 2 aromatic rings. The molecule has 0 radical (unpaired) electrons. The second-order valence-electron chi connectivity index (χ2n) is 5.03. The Bertz CT molecular complexity index is 509. The van der Waals surface area contributed by atoms with E-state index in [0.717, 1.165) is 31.2 Å². The van der Waals surface area contributed by atoms with Crippen molar-refractivity contribution in [3.63, 3.8) is 0 Å². The molecule has 5 nitrogen and oxygen atoms in total. The predicted octanol–water partition coefficient (Wildman–Crippen LogP) is 1.11. The average molecular weight is 245 g/mol. The Morgan fingerprint density at radius 1 is 1.39 bits per heavy atom. The van der Waals surface area contributed by atoms with Crippen LogP contribution in [0.15, 0.2) is 24.9 Å². The van der Waals surface area contributed by atoms with Crippen LogP contribution in [-0.4, -0.2) is 25.4 Å². The number of aryl methyl sites for hydroxylation is 3. The van der Waals surface area contributed by atoms with Gasteiger partial charge in [-0.25, -0.2) is 4.98 Å². The molecule has 2 aromatic heterocycles. The fourth-order valence-electron chi connectivity index (χ4n) is 2.02. The van der Waals surface area contributed by atoms with E-state index in [1.54, 1.807) is 0 Å². The van der Waals surface area contributed by atoms with Crippen LogP contribution in [-0.2, 0) is 26.6 Å². The van der Waals surface area contributed by atoms with Gasteiger partial charge in [0.2, 0.25) is 0 Å². The molecule has 0 aliphatic heterocycles. The van der Waals surface area contributed by atoms with Gasteiger partial charge >= 0.3 is 0 Å². The van der Waals surface area contributed by atoms with Crippen molar-refractivity contribution in [3.8, 4) is 0 Å². The molecule has 0 saturated heterocycles. The van der Waals surface area contributed by atoms with Gasteiger partial charge in [0, 0.05) is 38.6 Å². The summed E-state index contributed by atoms with van der Waals surface area (Å²) in [4.78, 5) is 4.41. The molecule has 2 heterocycles. The van der Waals surface area contributed by atoms with Gasteiger partial charge in [-0.2, -0.15) is 5.10 Å². The number of imidazole rings is 1. The SMILES string of the molecule is Cn1cc(CCn2cnc(CNC3CC3)c2)cn1. The molecule has 1 saturated carbocycles. The van der Waals surface area contributed by atoms with Crippen LogP contribution in [0, 0.1) is 0 Å². The Balaban J connectivity index is 1.49. The molecule has 96 valence electrons. The number of nitrogens with zero attached hydrogens (tertiary/aromatic N) is 4. The normalized spacial score (nSPS) is 15.2. The van der Waals surface area contributed by atoms with E-state index in [4.69, 9.17) is 0 Å². The van der Waals surface area contributed by atoms with E-state index in [0.29, 0.717) is 0 Å². The first-order chi connectivity index (χ1) is 8.79. The van der Waals surface area contributed by atoms with Gasteiger partial charge in [0.25, 0.3) is 0 Å². The maximum atomic E-state index is 4.41. The van der Waals surface area contributed by atoms with Crippen LogP contribution in [0.5, 0.6) is 0 Å². The highest BCUT2D eigenvalue weighted by atomic mass is 15.2. The summed E-state index contributed by atoms with van der Waals surface area (Å²) in [6, 6.07) is 0.741. The second kappa shape index (κ2) is 4.94. The smallest absolute Gasteiger partial charge is 0.0950 e. The number of aromatic nitrogens is 4. The van der Waals surface area contributed by atoms with Crippen LogP contribution in [0.3, 0.4) is 0 Å². The Morgan fingerprint density at radius 2 is 2.28 bits per heavy atom. The third kappa shape index (κ3) is 2.98. The summed E-state index contributed by atoms with van der Waals surface area (Å²) < 4.78 is 3.99. The maximum absolute atomic E-state index is 4.41. The minimum atomic E-state index is 0.741. The van der Waals surface area contributed by atoms with Crippen molar-refractivity contribution in [3.05, 3.63) is 36.2 Å². The van der Waals surface area contributed by atoms with Crippen LogP contribution in [0.2, 0.25) is 0 Å². The molecule has 0 spiro atoms. The molecule has 3 rings (SSSR count). The van der Waals surface area contributed by atoms with E-state index in [2.05, 4.69) is 32.4 Å². The van der Waals surface area contributed by atoms with Crippen LogP contribution in [0.25, 0.3) is 0 Å². The summed E-state index contributed by atoms with van der Waals surface area (Å²) in [6.07, 6.45) is 11.7. The first-order valence-corrected chi connectivity index (χ1v) is 6.51. The summed E-state index contributed by atoms with van der Waals surface area (Å²) in [5.74, 6) is 0. The molecule has 0 aromatic carbocycles. The maximum Gasteiger partial charge on any atom is 0.0950 e. The van der Waals surface area contributed by atoms with E-state index in [9.17, 15) is 0 Å². The van der Waals surface area contributed by atoms with Crippen molar-refractivity contribution in [1.29, 1.82) is 0 Å². The van der Waals surface area contributed by atoms with Gasteiger partial charge in [0.05, 0.1) is 18.2 Å². The number of nitrogens with one attached hydrogen (secondary N) is 1. The summed E-state index contributed by atoms with van der Waals surface area (Å²) in [7, 11) is 1.95. The molecule has 5 heteroatoms. The van der Waals surface area contributed by atoms with Crippen LogP contribution in [0.1, 0.15) is 24.1 Å². The molecular formula is C13H19N5. The lowest BCUT2D eigenvalue weighted by molar-refractivity contribution is 0.671. The molecular weight excluding hydrogens is 226 g/mol. The zero-order valence-electron chi connectivity index (χ0n) is 10.7. The van der Waals surface area contributed by atoms with Crippen molar-refractivity contribution in [2.75, 3.05) is 0 Å². The van der Waals surface area contributed by atoms with Gasteiger partial charge in [0.1, 0.15) is 0 Å². The van der Waals surface area contributed by atoms with Crippen LogP contribution < -0.4 is 5.32 Å². The molecule has 18 heavy (non-hydrogen) atoms. The Morgan fingerprint density at radius 3 is 3.00 bits per heavy atom. The summed E-state index contributed by atoms with van der Waals surface area (Å²) >= 11 is 0. The van der Waals surface area contributed by atoms with Crippen molar-refractivity contribution in [2.24, 2.45) is 7.05 Å². The van der Waals surface area contributed by atoms with Crippen LogP contribution >= 0.6 is 0 Å². The van der Waals surface area contributed by atoms with E-state index in [-0.39, 0.29) is 0 Å². The number of hydrogen-bond donors (Lipinski definition) is 1. The Labute approximate surface area is 107 Å². The fourth-order valence-corrected chi connectivity index (χ4v) is 2.02. The highest BCUT2D eigenvalue weighted by Gasteiger charge is 2.20. The highest BCUT2D eigenvalue weighted by molar-refractivity contribution is 5.04. The second-order valence-corrected chi connectivity index (χ2v) is 5.03. The van der Waals surface area contributed by atoms with Crippen molar-refractivity contribution in [1.82, 2.24) is 24.6 Å². The highest BCUT2D eigenvalue weighted by Crippen LogP contribution is 2.18. The van der Waals surface area contributed by atoms with Gasteiger partial charge in [-0.05, 0) is 24.8 Å². The first kappa shape index (κ1) is 11.5. The number of rotatable bonds is 6. The van der Waals surface area contributed by atoms with Crippen molar-refractivity contribution < 1.29 is 0 Å². The molecule has 1 aliphatic carbocycles. The zero-order valence-corrected chi connectivity index (χ0v) is 10.7. The van der Waals surface area contributed by atoms with Gasteiger partial charge in [-0.15, -0.1) is 0 Å².